The second kappa shape index (κ2) is 4.92. The average Bonchev–Trinajstić information content (AvgIpc) is 2.34. The number of nitrogens with one attached hydrogen (secondary N) is 1. The molecule has 1 aliphatic rings. The Kier molecular flexibility index (Phi) is 3.11. The fraction of sp³-hybridized carbons (Fsp3) is 0.312. The molecule has 0 atom stereocenters. The third kappa shape index (κ3) is 2.41. The van der Waals surface area contributed by atoms with Crippen molar-refractivity contribution in [2.75, 3.05) is 0 Å². The van der Waals surface area contributed by atoms with Gasteiger partial charge in [-0.3, -0.25) is 4.79 Å². The third-order valence-electron chi connectivity index (χ3n) is 3.86. The van der Waals surface area contributed by atoms with Gasteiger partial charge in [0.15, 0.2) is 0 Å². The van der Waals surface area contributed by atoms with Crippen LogP contribution in [0.4, 0.5) is 0 Å². The van der Waals surface area contributed by atoms with Crippen LogP contribution in [0.3, 0.4) is 0 Å². The minimum atomic E-state index is -0.208. The first-order chi connectivity index (χ1) is 9.24. The van der Waals surface area contributed by atoms with E-state index in [1.54, 1.807) is 6.07 Å². The topological polar surface area (TPSA) is 53.1 Å². The number of hydrogen-bond donors (Lipinski definition) is 2. The monoisotopic (exact) mass is 255 g/mol. The van der Waals surface area contributed by atoms with Crippen LogP contribution in [0.5, 0.6) is 5.75 Å². The summed E-state index contributed by atoms with van der Waals surface area (Å²) in [5.74, 6) is 0.738. The van der Waals surface area contributed by atoms with Crippen molar-refractivity contribution in [1.82, 2.24) is 4.98 Å². The summed E-state index contributed by atoms with van der Waals surface area (Å²) in [5.41, 5.74) is 1.74. The fourth-order valence-electron chi connectivity index (χ4n) is 2.60. The summed E-state index contributed by atoms with van der Waals surface area (Å²) in [6.45, 7) is 0. The number of aromatic amines is 1. The zero-order chi connectivity index (χ0) is 13.2. The molecule has 0 amide bonds. The third-order valence-corrected chi connectivity index (χ3v) is 3.86. The molecular weight excluding hydrogens is 238 g/mol. The average molecular weight is 255 g/mol. The van der Waals surface area contributed by atoms with Crippen LogP contribution in [-0.4, -0.2) is 10.1 Å². The molecule has 0 radical (unpaired) electrons. The Labute approximate surface area is 111 Å². The van der Waals surface area contributed by atoms with Gasteiger partial charge in [-0.1, -0.05) is 49.6 Å². The Bertz CT molecular complexity index is 627. The largest absolute Gasteiger partial charge is 0.507 e. The summed E-state index contributed by atoms with van der Waals surface area (Å²) in [5, 5.41) is 10.1. The first-order valence-electron chi connectivity index (χ1n) is 6.74. The van der Waals surface area contributed by atoms with Crippen molar-refractivity contribution in [1.29, 1.82) is 0 Å². The number of H-pyrrole nitrogens is 1. The van der Waals surface area contributed by atoms with Crippen LogP contribution >= 0.6 is 0 Å². The summed E-state index contributed by atoms with van der Waals surface area (Å²) in [4.78, 5) is 15.0. The van der Waals surface area contributed by atoms with E-state index in [2.05, 4.69) is 4.98 Å². The van der Waals surface area contributed by atoms with Crippen molar-refractivity contribution in [3.05, 3.63) is 52.4 Å². The second-order valence-electron chi connectivity index (χ2n) is 5.25. The molecule has 3 heteroatoms. The van der Waals surface area contributed by atoms with E-state index < -0.39 is 0 Å². The van der Waals surface area contributed by atoms with Gasteiger partial charge in [0, 0.05) is 11.8 Å². The number of rotatable bonds is 3. The van der Waals surface area contributed by atoms with Crippen LogP contribution in [-0.2, 0) is 6.42 Å². The molecule has 1 aromatic heterocycles. The van der Waals surface area contributed by atoms with E-state index in [1.165, 1.54) is 19.3 Å². The van der Waals surface area contributed by atoms with Crippen LogP contribution in [0.15, 0.2) is 41.2 Å². The van der Waals surface area contributed by atoms with E-state index in [0.717, 1.165) is 17.7 Å². The van der Waals surface area contributed by atoms with Gasteiger partial charge in [-0.05, 0) is 17.9 Å². The van der Waals surface area contributed by atoms with Gasteiger partial charge in [-0.25, -0.2) is 0 Å². The smallest absolute Gasteiger partial charge is 0.259 e. The Morgan fingerprint density at radius 1 is 1.21 bits per heavy atom. The van der Waals surface area contributed by atoms with Gasteiger partial charge in [0.1, 0.15) is 5.75 Å². The number of aromatic nitrogens is 1. The minimum Gasteiger partial charge on any atom is -0.507 e. The Balaban J connectivity index is 1.96. The highest BCUT2D eigenvalue weighted by Crippen LogP contribution is 2.31. The lowest BCUT2D eigenvalue weighted by atomic mass is 9.82. The maximum atomic E-state index is 12.1. The van der Waals surface area contributed by atoms with Crippen LogP contribution < -0.4 is 5.56 Å². The second-order valence-corrected chi connectivity index (χ2v) is 5.25. The summed E-state index contributed by atoms with van der Waals surface area (Å²) in [7, 11) is 0. The molecule has 3 nitrogen and oxygen atoms in total. The molecule has 1 saturated carbocycles. The molecule has 19 heavy (non-hydrogen) atoms. The Morgan fingerprint density at radius 3 is 2.53 bits per heavy atom. The molecule has 1 aromatic carbocycles. The van der Waals surface area contributed by atoms with E-state index in [4.69, 9.17) is 0 Å². The van der Waals surface area contributed by atoms with Crippen molar-refractivity contribution in [2.45, 2.75) is 25.7 Å². The zero-order valence-corrected chi connectivity index (χ0v) is 10.7. The van der Waals surface area contributed by atoms with Gasteiger partial charge in [0.05, 0.1) is 5.56 Å². The molecule has 0 aliphatic heterocycles. The normalized spacial score (nSPS) is 15.2. The first-order valence-corrected chi connectivity index (χ1v) is 6.74. The number of benzene rings is 1. The SMILES string of the molecule is O=c1[nH]c(CC2CCC2)cc(O)c1-c1ccccc1. The quantitative estimate of drug-likeness (QED) is 0.885. The lowest BCUT2D eigenvalue weighted by molar-refractivity contribution is 0.311. The van der Waals surface area contributed by atoms with Crippen molar-refractivity contribution < 1.29 is 5.11 Å². The standard InChI is InChI=1S/C16H17NO2/c18-14-10-13(9-11-5-4-6-11)17-16(19)15(14)12-7-2-1-3-8-12/h1-3,7-8,10-11H,4-6,9H2,(H2,17,18,19). The molecule has 0 saturated heterocycles. The highest BCUT2D eigenvalue weighted by atomic mass is 16.3. The molecule has 1 aliphatic carbocycles. The van der Waals surface area contributed by atoms with Crippen molar-refractivity contribution in [3.8, 4) is 16.9 Å². The van der Waals surface area contributed by atoms with Gasteiger partial charge in [-0.2, -0.15) is 0 Å². The maximum absolute atomic E-state index is 12.1. The predicted octanol–water partition coefficient (Wildman–Crippen LogP) is 3.09. The molecule has 2 aromatic rings. The zero-order valence-electron chi connectivity index (χ0n) is 10.7. The van der Waals surface area contributed by atoms with Crippen LogP contribution in [0, 0.1) is 5.92 Å². The van der Waals surface area contributed by atoms with E-state index in [9.17, 15) is 9.90 Å². The maximum Gasteiger partial charge on any atom is 0.259 e. The molecule has 0 bridgehead atoms. The fourth-order valence-corrected chi connectivity index (χ4v) is 2.60. The molecule has 1 heterocycles. The molecule has 98 valence electrons. The summed E-state index contributed by atoms with van der Waals surface area (Å²) < 4.78 is 0. The summed E-state index contributed by atoms with van der Waals surface area (Å²) >= 11 is 0. The lowest BCUT2D eigenvalue weighted by Crippen LogP contribution is -2.18. The molecule has 2 N–H and O–H groups in total. The highest BCUT2D eigenvalue weighted by molar-refractivity contribution is 5.68. The highest BCUT2D eigenvalue weighted by Gasteiger charge is 2.19. The van der Waals surface area contributed by atoms with Gasteiger partial charge in [0.25, 0.3) is 5.56 Å². The molecule has 1 fully saturated rings. The minimum absolute atomic E-state index is 0.0734. The van der Waals surface area contributed by atoms with E-state index in [-0.39, 0.29) is 11.3 Å². The van der Waals surface area contributed by atoms with Crippen molar-refractivity contribution in [3.63, 3.8) is 0 Å². The summed E-state index contributed by atoms with van der Waals surface area (Å²) in [6, 6.07) is 11.0. The van der Waals surface area contributed by atoms with Crippen LogP contribution in [0.2, 0.25) is 0 Å². The molecular formula is C16H17NO2. The Hall–Kier alpha value is -2.03. The van der Waals surface area contributed by atoms with Gasteiger partial charge < -0.3 is 10.1 Å². The first kappa shape index (κ1) is 12.0. The van der Waals surface area contributed by atoms with E-state index in [0.29, 0.717) is 11.5 Å². The van der Waals surface area contributed by atoms with E-state index in [1.807, 2.05) is 30.3 Å². The lowest BCUT2D eigenvalue weighted by Gasteiger charge is -2.25. The number of aromatic hydroxyl groups is 1. The van der Waals surface area contributed by atoms with Gasteiger partial charge in [0.2, 0.25) is 0 Å². The van der Waals surface area contributed by atoms with Crippen LogP contribution in [0.1, 0.15) is 25.0 Å². The molecule has 0 spiro atoms. The molecule has 3 rings (SSSR count). The van der Waals surface area contributed by atoms with Gasteiger partial charge in [-0.15, -0.1) is 0 Å². The predicted molar refractivity (Wildman–Crippen MR) is 75.2 cm³/mol. The van der Waals surface area contributed by atoms with Crippen LogP contribution in [0.25, 0.3) is 11.1 Å². The molecule has 0 unspecified atom stereocenters. The van der Waals surface area contributed by atoms with Gasteiger partial charge >= 0.3 is 0 Å². The van der Waals surface area contributed by atoms with Crippen molar-refractivity contribution >= 4 is 0 Å². The summed E-state index contributed by atoms with van der Waals surface area (Å²) in [6.07, 6.45) is 4.59. The number of pyridine rings is 1. The van der Waals surface area contributed by atoms with E-state index >= 15 is 0 Å². The Morgan fingerprint density at radius 2 is 1.95 bits per heavy atom. The number of hydrogen-bond acceptors (Lipinski definition) is 2. The van der Waals surface area contributed by atoms with Crippen molar-refractivity contribution in [2.24, 2.45) is 5.92 Å².